The van der Waals surface area contributed by atoms with Crippen LogP contribution in [0.1, 0.15) is 5.69 Å². The Bertz CT molecular complexity index is 541. The second kappa shape index (κ2) is 3.31. The SMILES string of the molecule is O=S(=O)(O)NCc1csc2cncn12. The maximum Gasteiger partial charge on any atom is 0.333 e. The predicted octanol–water partition coefficient (Wildman–Crippen LogP) is 0.288. The van der Waals surface area contributed by atoms with Gasteiger partial charge in [-0.3, -0.25) is 8.95 Å². The Morgan fingerprint density at radius 2 is 2.43 bits per heavy atom. The maximum atomic E-state index is 10.4. The fourth-order valence-corrected chi connectivity index (χ4v) is 2.25. The average Bonchev–Trinajstić information content (AvgIpc) is 2.59. The summed E-state index contributed by atoms with van der Waals surface area (Å²) in [6, 6.07) is 0. The molecule has 6 nitrogen and oxygen atoms in total. The molecule has 0 saturated carbocycles. The third-order valence-electron chi connectivity index (χ3n) is 1.67. The topological polar surface area (TPSA) is 83.7 Å². The van der Waals surface area contributed by atoms with E-state index in [4.69, 9.17) is 4.55 Å². The van der Waals surface area contributed by atoms with Crippen molar-refractivity contribution in [3.8, 4) is 0 Å². The monoisotopic (exact) mass is 233 g/mol. The minimum Gasteiger partial charge on any atom is -0.293 e. The molecule has 0 aliphatic heterocycles. The summed E-state index contributed by atoms with van der Waals surface area (Å²) in [6.45, 7) is 0.0508. The molecule has 2 N–H and O–H groups in total. The van der Waals surface area contributed by atoms with Crippen molar-refractivity contribution >= 4 is 26.5 Å². The normalized spacial score (nSPS) is 12.4. The largest absolute Gasteiger partial charge is 0.333 e. The molecule has 2 heterocycles. The first-order valence-electron chi connectivity index (χ1n) is 3.67. The number of aromatic nitrogens is 2. The Kier molecular flexibility index (Phi) is 2.27. The zero-order valence-corrected chi connectivity index (χ0v) is 8.55. The number of imidazole rings is 1. The molecule has 0 radical (unpaired) electrons. The lowest BCUT2D eigenvalue weighted by Gasteiger charge is -1.98. The summed E-state index contributed by atoms with van der Waals surface area (Å²) in [5, 5.41) is 1.80. The van der Waals surface area contributed by atoms with Crippen LogP contribution in [0.2, 0.25) is 0 Å². The molecule has 8 heteroatoms. The Morgan fingerprint density at radius 3 is 3.14 bits per heavy atom. The Morgan fingerprint density at radius 1 is 1.64 bits per heavy atom. The average molecular weight is 233 g/mol. The van der Waals surface area contributed by atoms with Crippen LogP contribution in [0.4, 0.5) is 0 Å². The van der Waals surface area contributed by atoms with E-state index in [2.05, 4.69) is 4.98 Å². The van der Waals surface area contributed by atoms with Crippen molar-refractivity contribution in [2.24, 2.45) is 0 Å². The molecular formula is C6H7N3O3S2. The lowest BCUT2D eigenvalue weighted by molar-refractivity contribution is 0.466. The van der Waals surface area contributed by atoms with Crippen LogP contribution in [0.15, 0.2) is 17.9 Å². The number of hydrogen-bond donors (Lipinski definition) is 2. The highest BCUT2D eigenvalue weighted by Crippen LogP contribution is 2.15. The molecule has 0 unspecified atom stereocenters. The lowest BCUT2D eigenvalue weighted by atomic mass is 10.5. The van der Waals surface area contributed by atoms with E-state index in [9.17, 15) is 8.42 Å². The first kappa shape index (κ1) is 9.59. The second-order valence-electron chi connectivity index (χ2n) is 2.63. The Labute approximate surface area is 84.1 Å². The molecule has 0 aromatic carbocycles. The molecule has 0 bridgehead atoms. The van der Waals surface area contributed by atoms with Gasteiger partial charge in [0.25, 0.3) is 0 Å². The van der Waals surface area contributed by atoms with Crippen LogP contribution in [-0.2, 0) is 16.8 Å². The highest BCUT2D eigenvalue weighted by atomic mass is 32.2. The molecule has 2 aromatic heterocycles. The molecule has 2 aromatic rings. The highest BCUT2D eigenvalue weighted by molar-refractivity contribution is 7.83. The minimum absolute atomic E-state index is 0.0508. The summed E-state index contributed by atoms with van der Waals surface area (Å²) < 4.78 is 33.1. The van der Waals surface area contributed by atoms with E-state index in [1.54, 1.807) is 22.3 Å². The predicted molar refractivity (Wildman–Crippen MR) is 51.5 cm³/mol. The van der Waals surface area contributed by atoms with Gasteiger partial charge >= 0.3 is 10.3 Å². The summed E-state index contributed by atoms with van der Waals surface area (Å²) >= 11 is 1.46. The van der Waals surface area contributed by atoms with Gasteiger partial charge in [0.1, 0.15) is 11.2 Å². The zero-order chi connectivity index (χ0) is 10.2. The molecule has 0 atom stereocenters. The fraction of sp³-hybridized carbons (Fsp3) is 0.167. The fourth-order valence-electron chi connectivity index (χ4n) is 1.06. The van der Waals surface area contributed by atoms with E-state index in [-0.39, 0.29) is 6.54 Å². The van der Waals surface area contributed by atoms with Crippen molar-refractivity contribution in [2.45, 2.75) is 6.54 Å². The van der Waals surface area contributed by atoms with Gasteiger partial charge < -0.3 is 0 Å². The van der Waals surface area contributed by atoms with Gasteiger partial charge in [0.15, 0.2) is 0 Å². The summed E-state index contributed by atoms with van der Waals surface area (Å²) in [5.74, 6) is 0. The van der Waals surface area contributed by atoms with Gasteiger partial charge in [-0.15, -0.1) is 11.3 Å². The molecule has 76 valence electrons. The molecule has 0 aliphatic carbocycles. The van der Waals surface area contributed by atoms with E-state index in [0.29, 0.717) is 0 Å². The zero-order valence-electron chi connectivity index (χ0n) is 6.91. The van der Waals surface area contributed by atoms with Gasteiger partial charge in [0, 0.05) is 11.1 Å². The minimum atomic E-state index is -4.13. The third kappa shape index (κ3) is 1.93. The molecule has 2 rings (SSSR count). The summed E-state index contributed by atoms with van der Waals surface area (Å²) in [7, 11) is -4.13. The van der Waals surface area contributed by atoms with Crippen LogP contribution < -0.4 is 4.72 Å². The van der Waals surface area contributed by atoms with E-state index in [0.717, 1.165) is 10.5 Å². The smallest absolute Gasteiger partial charge is 0.293 e. The van der Waals surface area contributed by atoms with Crippen LogP contribution >= 0.6 is 11.3 Å². The van der Waals surface area contributed by atoms with Gasteiger partial charge in [-0.25, -0.2) is 4.98 Å². The first-order chi connectivity index (χ1) is 6.56. The molecule has 0 amide bonds. The highest BCUT2D eigenvalue weighted by Gasteiger charge is 2.07. The van der Waals surface area contributed by atoms with Gasteiger partial charge in [-0.2, -0.15) is 13.1 Å². The van der Waals surface area contributed by atoms with E-state index >= 15 is 0 Å². The number of nitrogens with zero attached hydrogens (tertiary/aromatic N) is 2. The van der Waals surface area contributed by atoms with Crippen molar-refractivity contribution in [3.63, 3.8) is 0 Å². The van der Waals surface area contributed by atoms with E-state index < -0.39 is 10.3 Å². The standard InChI is InChI=1S/C6H7N3O3S2/c10-14(11,12)8-1-5-3-13-6-2-7-4-9(5)6/h2-4,8H,1H2,(H,10,11,12). The van der Waals surface area contributed by atoms with Gasteiger partial charge in [0.05, 0.1) is 12.7 Å². The number of thiazole rings is 1. The number of nitrogens with one attached hydrogen (secondary N) is 1. The van der Waals surface area contributed by atoms with E-state index in [1.807, 2.05) is 4.72 Å². The first-order valence-corrected chi connectivity index (χ1v) is 5.99. The third-order valence-corrected chi connectivity index (χ3v) is 3.11. The molecule has 14 heavy (non-hydrogen) atoms. The summed E-state index contributed by atoms with van der Waals surface area (Å²) in [6.07, 6.45) is 3.27. The number of rotatable bonds is 3. The van der Waals surface area contributed by atoms with Crippen molar-refractivity contribution in [1.29, 1.82) is 0 Å². The molecule has 0 saturated heterocycles. The molecular weight excluding hydrogens is 226 g/mol. The van der Waals surface area contributed by atoms with Crippen LogP contribution in [-0.4, -0.2) is 22.4 Å². The van der Waals surface area contributed by atoms with Crippen LogP contribution in [0, 0.1) is 0 Å². The summed E-state index contributed by atoms with van der Waals surface area (Å²) in [4.78, 5) is 4.83. The Hall–Kier alpha value is -0.960. The quantitative estimate of drug-likeness (QED) is 0.746. The second-order valence-corrected chi connectivity index (χ2v) is 4.75. The van der Waals surface area contributed by atoms with Crippen LogP contribution in [0.5, 0.6) is 0 Å². The van der Waals surface area contributed by atoms with E-state index in [1.165, 1.54) is 11.3 Å². The molecule has 0 aliphatic rings. The number of hydrogen-bond acceptors (Lipinski definition) is 4. The molecule has 0 fully saturated rings. The van der Waals surface area contributed by atoms with Gasteiger partial charge in [0.2, 0.25) is 0 Å². The van der Waals surface area contributed by atoms with Crippen LogP contribution in [0.25, 0.3) is 4.83 Å². The summed E-state index contributed by atoms with van der Waals surface area (Å²) in [5.41, 5.74) is 0.736. The van der Waals surface area contributed by atoms with Crippen molar-refractivity contribution < 1.29 is 13.0 Å². The Balaban J connectivity index is 2.24. The van der Waals surface area contributed by atoms with Gasteiger partial charge in [-0.1, -0.05) is 0 Å². The van der Waals surface area contributed by atoms with Gasteiger partial charge in [-0.05, 0) is 0 Å². The van der Waals surface area contributed by atoms with Crippen molar-refractivity contribution in [2.75, 3.05) is 0 Å². The van der Waals surface area contributed by atoms with Crippen molar-refractivity contribution in [3.05, 3.63) is 23.6 Å². The number of fused-ring (bicyclic) bond motifs is 1. The van der Waals surface area contributed by atoms with Crippen LogP contribution in [0.3, 0.4) is 0 Å². The lowest BCUT2D eigenvalue weighted by Crippen LogP contribution is -2.22. The molecule has 0 spiro atoms. The van der Waals surface area contributed by atoms with Crippen molar-refractivity contribution in [1.82, 2.24) is 14.1 Å². The maximum absolute atomic E-state index is 10.4.